The average Bonchev–Trinajstić information content (AvgIpc) is 2.37. The van der Waals surface area contributed by atoms with Gasteiger partial charge in [0, 0.05) is 11.3 Å². The van der Waals surface area contributed by atoms with Crippen molar-refractivity contribution in [2.45, 2.75) is 30.8 Å². The fraction of sp³-hybridized carbons (Fsp3) is 0.462. The number of ketones is 1. The predicted molar refractivity (Wildman–Crippen MR) is 76.9 cm³/mol. The highest BCUT2D eigenvalue weighted by molar-refractivity contribution is 9.12. The average molecular weight is 333 g/mol. The molecule has 1 aromatic carbocycles. The molecule has 5 heteroatoms. The highest BCUT2D eigenvalue weighted by atomic mass is 79.9. The number of hydrogen-bond acceptors (Lipinski definition) is 3. The number of halogens is 1. The molecule has 1 aromatic rings. The second-order valence-electron chi connectivity index (χ2n) is 4.18. The fourth-order valence-electron chi connectivity index (χ4n) is 1.67. The summed E-state index contributed by atoms with van der Waals surface area (Å²) in [6.07, 6.45) is 0.204. The summed E-state index contributed by atoms with van der Waals surface area (Å²) in [5.74, 6) is -0.462. The van der Waals surface area contributed by atoms with Crippen molar-refractivity contribution in [3.8, 4) is 0 Å². The Morgan fingerprint density at radius 2 is 1.72 bits per heavy atom. The van der Waals surface area contributed by atoms with E-state index < -0.39 is 19.3 Å². The minimum atomic E-state index is -3.50. The van der Waals surface area contributed by atoms with Gasteiger partial charge in [0.05, 0.1) is 0 Å². The van der Waals surface area contributed by atoms with Gasteiger partial charge < -0.3 is 0 Å². The molecule has 3 nitrogen and oxygen atoms in total. The standard InChI is InChI=1S/C13H17BrO3S/c1-4-13(14,18(16,17)5-2)12(15)11-8-6-10(3)7-9-11/h6-9H,4-5H2,1-3H3/t13-/m0/s1. The summed E-state index contributed by atoms with van der Waals surface area (Å²) in [6, 6.07) is 6.92. The molecule has 1 atom stereocenters. The van der Waals surface area contributed by atoms with Gasteiger partial charge in [-0.25, -0.2) is 8.42 Å². The summed E-state index contributed by atoms with van der Waals surface area (Å²) in [4.78, 5) is 12.4. The number of Topliss-reactive ketones (excluding diaryl/α,β-unsaturated/α-hetero) is 1. The molecular weight excluding hydrogens is 316 g/mol. The van der Waals surface area contributed by atoms with Gasteiger partial charge in [-0.15, -0.1) is 0 Å². The molecule has 0 bridgehead atoms. The first-order valence-electron chi connectivity index (χ1n) is 5.81. The molecule has 0 amide bonds. The third kappa shape index (κ3) is 2.67. The van der Waals surface area contributed by atoms with Crippen LogP contribution in [0.5, 0.6) is 0 Å². The van der Waals surface area contributed by atoms with E-state index in [1.54, 1.807) is 38.1 Å². The first-order valence-corrected chi connectivity index (χ1v) is 8.25. The van der Waals surface area contributed by atoms with Crippen molar-refractivity contribution in [1.29, 1.82) is 0 Å². The van der Waals surface area contributed by atoms with Gasteiger partial charge in [-0.2, -0.15) is 0 Å². The number of alkyl halides is 1. The molecule has 0 aliphatic carbocycles. The van der Waals surface area contributed by atoms with Crippen molar-refractivity contribution in [3.63, 3.8) is 0 Å². The van der Waals surface area contributed by atoms with Gasteiger partial charge in [-0.05, 0) is 13.3 Å². The molecule has 0 saturated heterocycles. The van der Waals surface area contributed by atoms with E-state index in [-0.39, 0.29) is 12.2 Å². The summed E-state index contributed by atoms with van der Waals surface area (Å²) in [6.45, 7) is 5.15. The molecule has 0 aromatic heterocycles. The maximum absolute atomic E-state index is 12.4. The van der Waals surface area contributed by atoms with Crippen molar-refractivity contribution in [2.75, 3.05) is 5.75 Å². The Morgan fingerprint density at radius 3 is 2.11 bits per heavy atom. The van der Waals surface area contributed by atoms with E-state index in [9.17, 15) is 13.2 Å². The molecule has 0 aliphatic rings. The molecule has 0 radical (unpaired) electrons. The first-order chi connectivity index (χ1) is 8.28. The van der Waals surface area contributed by atoms with Crippen molar-refractivity contribution >= 4 is 31.6 Å². The molecule has 1 rings (SSSR count). The zero-order valence-electron chi connectivity index (χ0n) is 10.7. The quantitative estimate of drug-likeness (QED) is 0.614. The maximum atomic E-state index is 12.4. The van der Waals surface area contributed by atoms with E-state index in [2.05, 4.69) is 15.9 Å². The van der Waals surface area contributed by atoms with Gasteiger partial charge in [-0.3, -0.25) is 4.79 Å². The normalized spacial score (nSPS) is 15.1. The minimum Gasteiger partial charge on any atom is -0.291 e. The summed E-state index contributed by atoms with van der Waals surface area (Å²) < 4.78 is 22.6. The molecular formula is C13H17BrO3S. The van der Waals surface area contributed by atoms with Gasteiger partial charge in [0.2, 0.25) is 0 Å². The topological polar surface area (TPSA) is 51.2 Å². The van der Waals surface area contributed by atoms with E-state index in [0.29, 0.717) is 5.56 Å². The van der Waals surface area contributed by atoms with Gasteiger partial charge in [0.15, 0.2) is 19.3 Å². The van der Waals surface area contributed by atoms with Crippen LogP contribution in [0.3, 0.4) is 0 Å². The molecule has 0 saturated carbocycles. The summed E-state index contributed by atoms with van der Waals surface area (Å²) in [7, 11) is -3.50. The lowest BCUT2D eigenvalue weighted by molar-refractivity contribution is 0.0976. The molecule has 0 fully saturated rings. The molecule has 0 unspecified atom stereocenters. The smallest absolute Gasteiger partial charge is 0.194 e. The van der Waals surface area contributed by atoms with Crippen LogP contribution in [-0.2, 0) is 9.84 Å². The summed E-state index contributed by atoms with van der Waals surface area (Å²) in [5.41, 5.74) is 1.44. The van der Waals surface area contributed by atoms with Crippen LogP contribution >= 0.6 is 15.9 Å². The molecule has 0 N–H and O–H groups in total. The molecule has 18 heavy (non-hydrogen) atoms. The van der Waals surface area contributed by atoms with Crippen LogP contribution in [0.25, 0.3) is 0 Å². The van der Waals surface area contributed by atoms with E-state index in [0.717, 1.165) is 5.56 Å². The highest BCUT2D eigenvalue weighted by Gasteiger charge is 2.45. The van der Waals surface area contributed by atoms with Crippen LogP contribution in [0.2, 0.25) is 0 Å². The van der Waals surface area contributed by atoms with E-state index >= 15 is 0 Å². The lowest BCUT2D eigenvalue weighted by atomic mass is 10.1. The lowest BCUT2D eigenvalue weighted by Gasteiger charge is -2.24. The third-order valence-corrected chi connectivity index (χ3v) is 7.60. The largest absolute Gasteiger partial charge is 0.291 e. The van der Waals surface area contributed by atoms with Gasteiger partial charge in [0.25, 0.3) is 0 Å². The van der Waals surface area contributed by atoms with E-state index in [1.165, 1.54) is 0 Å². The Kier molecular flexibility index (Phi) is 4.72. The number of sulfone groups is 1. The van der Waals surface area contributed by atoms with Crippen molar-refractivity contribution in [1.82, 2.24) is 0 Å². The Balaban J connectivity index is 3.26. The second-order valence-corrected chi connectivity index (χ2v) is 8.56. The lowest BCUT2D eigenvalue weighted by Crippen LogP contribution is -2.41. The Labute approximate surface area is 117 Å². The van der Waals surface area contributed by atoms with Crippen LogP contribution in [0.4, 0.5) is 0 Å². The molecule has 0 spiro atoms. The summed E-state index contributed by atoms with van der Waals surface area (Å²) in [5, 5.41) is 0. The Bertz CT molecular complexity index is 534. The first kappa shape index (κ1) is 15.4. The van der Waals surface area contributed by atoms with E-state index in [4.69, 9.17) is 0 Å². The van der Waals surface area contributed by atoms with Crippen LogP contribution in [-0.4, -0.2) is 23.6 Å². The molecule has 0 aliphatic heterocycles. The predicted octanol–water partition coefficient (Wildman–Crippen LogP) is 3.11. The van der Waals surface area contributed by atoms with E-state index in [1.807, 2.05) is 6.92 Å². The van der Waals surface area contributed by atoms with Gasteiger partial charge >= 0.3 is 0 Å². The molecule has 100 valence electrons. The zero-order valence-corrected chi connectivity index (χ0v) is 13.1. The number of aryl methyl sites for hydroxylation is 1. The Morgan fingerprint density at radius 1 is 1.22 bits per heavy atom. The summed E-state index contributed by atoms with van der Waals surface area (Å²) >= 11 is 3.15. The second kappa shape index (κ2) is 5.53. The van der Waals surface area contributed by atoms with Gasteiger partial charge in [-0.1, -0.05) is 59.6 Å². The van der Waals surface area contributed by atoms with Crippen LogP contribution in [0.1, 0.15) is 36.2 Å². The number of carbonyl (C=O) groups is 1. The van der Waals surface area contributed by atoms with Crippen LogP contribution in [0.15, 0.2) is 24.3 Å². The SMILES string of the molecule is CC[C@@](Br)(C(=O)c1ccc(C)cc1)S(=O)(=O)CC. The monoisotopic (exact) mass is 332 g/mol. The number of carbonyl (C=O) groups excluding carboxylic acids is 1. The fourth-order valence-corrected chi connectivity index (χ4v) is 3.88. The minimum absolute atomic E-state index is 0.0658. The third-order valence-electron chi connectivity index (χ3n) is 2.98. The van der Waals surface area contributed by atoms with Crippen molar-refractivity contribution < 1.29 is 13.2 Å². The maximum Gasteiger partial charge on any atom is 0.194 e. The van der Waals surface area contributed by atoms with Crippen LogP contribution < -0.4 is 0 Å². The van der Waals surface area contributed by atoms with Crippen molar-refractivity contribution in [2.24, 2.45) is 0 Å². The van der Waals surface area contributed by atoms with Gasteiger partial charge in [0.1, 0.15) is 0 Å². The highest BCUT2D eigenvalue weighted by Crippen LogP contribution is 2.34. The van der Waals surface area contributed by atoms with Crippen LogP contribution in [0, 0.1) is 6.92 Å². The number of benzene rings is 1. The number of hydrogen-bond donors (Lipinski definition) is 0. The molecule has 0 heterocycles. The zero-order chi connectivity index (χ0) is 14.0. The van der Waals surface area contributed by atoms with Crippen molar-refractivity contribution in [3.05, 3.63) is 35.4 Å². The Hall–Kier alpha value is -0.680. The number of rotatable bonds is 5.